The van der Waals surface area contributed by atoms with Crippen molar-refractivity contribution in [3.05, 3.63) is 82.8 Å². The molecule has 4 aliphatic rings. The molecule has 2 aromatic heterocycles. The van der Waals surface area contributed by atoms with Gasteiger partial charge in [-0.1, -0.05) is 6.07 Å². The van der Waals surface area contributed by atoms with Gasteiger partial charge >= 0.3 is 6.18 Å². The van der Waals surface area contributed by atoms with Crippen LogP contribution < -0.4 is 15.5 Å². The van der Waals surface area contributed by atoms with Crippen LogP contribution in [0.5, 0.6) is 0 Å². The minimum Gasteiger partial charge on any atom is -0.386 e. The van der Waals surface area contributed by atoms with Crippen LogP contribution in [0.2, 0.25) is 0 Å². The number of carbonyl (C=O) groups excluding carboxylic acids is 5. The molecule has 15 nitrogen and oxygen atoms in total. The average Bonchev–Trinajstić information content (AvgIpc) is 3.81. The van der Waals surface area contributed by atoms with E-state index in [1.165, 1.54) is 11.0 Å². The zero-order chi connectivity index (χ0) is 46.3. The van der Waals surface area contributed by atoms with Crippen LogP contribution in [0, 0.1) is 5.41 Å². The number of hydrogen-bond donors (Lipinski definition) is 3. The number of halogens is 3. The van der Waals surface area contributed by atoms with E-state index in [2.05, 4.69) is 30.3 Å². The first kappa shape index (κ1) is 45.8. The molecule has 2 aromatic carbocycles. The van der Waals surface area contributed by atoms with Gasteiger partial charge in [0.15, 0.2) is 0 Å². The van der Waals surface area contributed by atoms with Crippen LogP contribution in [0.1, 0.15) is 121 Å². The summed E-state index contributed by atoms with van der Waals surface area (Å²) < 4.78 is 41.8. The van der Waals surface area contributed by atoms with Crippen molar-refractivity contribution < 1.29 is 42.3 Å². The lowest BCUT2D eigenvalue weighted by molar-refractivity contribution is -0.141. The largest absolute Gasteiger partial charge is 0.433 e. The Morgan fingerprint density at radius 3 is 2.23 bits per heavy atom. The Hall–Kier alpha value is -5.72. The molecule has 0 radical (unpaired) electrons. The molecule has 4 aliphatic heterocycles. The highest BCUT2D eigenvalue weighted by Gasteiger charge is 2.41. The molecule has 3 saturated heterocycles. The fourth-order valence-corrected chi connectivity index (χ4v) is 9.92. The van der Waals surface area contributed by atoms with Crippen LogP contribution in [0.4, 0.5) is 24.5 Å². The standard InChI is InChI=1S/C47H56F3N9O6/c1-30(7-10-41(61)51-29-60)59-43(63)34-9-8-33(26-35(34)44(59)64)57-21-15-46(16-22-57)13-19-56(20-14-46)24-23-55-17-11-32(12-18-55)58-28-31-25-39(36(45(2,3)65)27-38(31)54-58)53-42(62)37-5-4-6-40(52-37)47(48,49)50/h4-6,8-9,25-30,32,65H,7,10-24H2,1-3H3,(H,53,62)(H,51,60,61). The number of pyridine rings is 1. The minimum atomic E-state index is -4.70. The lowest BCUT2D eigenvalue weighted by Crippen LogP contribution is -2.48. The fraction of sp³-hybridized carbons (Fsp3) is 0.511. The highest BCUT2D eigenvalue weighted by Crippen LogP contribution is 2.43. The van der Waals surface area contributed by atoms with Gasteiger partial charge in [-0.15, -0.1) is 0 Å². The van der Waals surface area contributed by atoms with E-state index in [-0.39, 0.29) is 42.1 Å². The Bertz CT molecular complexity index is 2460. The number of nitrogens with one attached hydrogen (secondary N) is 2. The molecule has 1 atom stereocenters. The van der Waals surface area contributed by atoms with E-state index >= 15 is 0 Å². The summed E-state index contributed by atoms with van der Waals surface area (Å²) in [5.74, 6) is -1.98. The zero-order valence-electron chi connectivity index (χ0n) is 37.0. The van der Waals surface area contributed by atoms with Crippen LogP contribution >= 0.6 is 0 Å². The van der Waals surface area contributed by atoms with Gasteiger partial charge in [0.25, 0.3) is 17.7 Å². The summed E-state index contributed by atoms with van der Waals surface area (Å²) in [4.78, 5) is 74.1. The summed E-state index contributed by atoms with van der Waals surface area (Å²) in [6.45, 7) is 12.6. The van der Waals surface area contributed by atoms with Crippen molar-refractivity contribution in [2.75, 3.05) is 62.6 Å². The predicted octanol–water partition coefficient (Wildman–Crippen LogP) is 5.99. The van der Waals surface area contributed by atoms with Gasteiger partial charge < -0.3 is 25.1 Å². The molecular weight excluding hydrogens is 844 g/mol. The quantitative estimate of drug-likeness (QED) is 0.106. The first-order valence-corrected chi connectivity index (χ1v) is 22.5. The molecule has 3 N–H and O–H groups in total. The fourth-order valence-electron chi connectivity index (χ4n) is 9.92. The third-order valence-electron chi connectivity index (χ3n) is 14.0. The molecule has 1 spiro atoms. The summed E-state index contributed by atoms with van der Waals surface area (Å²) in [7, 11) is 0. The van der Waals surface area contributed by atoms with Crippen LogP contribution in [-0.4, -0.2) is 123 Å². The van der Waals surface area contributed by atoms with Crippen LogP contribution in [-0.2, 0) is 21.4 Å². The van der Waals surface area contributed by atoms with Gasteiger partial charge in [0, 0.05) is 80.3 Å². The SMILES string of the molecule is CC(CCC(=O)NC=O)N1C(=O)c2ccc(N3CCC4(CCN(CCN5CCC(n6cc7cc(NC(=O)c8cccc(C(F)(F)F)n8)c(C(C)(C)O)cc7n6)CC5)CC4)CC3)cc2C1=O. The number of aromatic nitrogens is 3. The maximum atomic E-state index is 13.4. The van der Waals surface area contributed by atoms with E-state index in [1.807, 2.05) is 23.0 Å². The molecule has 346 valence electrons. The maximum Gasteiger partial charge on any atom is 0.433 e. The summed E-state index contributed by atoms with van der Waals surface area (Å²) in [6, 6.07) is 11.8. The third kappa shape index (κ3) is 9.94. The molecule has 1 unspecified atom stereocenters. The number of rotatable bonds is 13. The number of nitrogens with zero attached hydrogens (tertiary/aromatic N) is 7. The molecule has 3 fully saturated rings. The van der Waals surface area contributed by atoms with E-state index in [0.29, 0.717) is 34.0 Å². The first-order chi connectivity index (χ1) is 30.9. The first-order valence-electron chi connectivity index (χ1n) is 22.5. The number of imide groups is 2. The Labute approximate surface area is 375 Å². The summed E-state index contributed by atoms with van der Waals surface area (Å²) >= 11 is 0. The van der Waals surface area contributed by atoms with Gasteiger partial charge in [-0.3, -0.25) is 38.9 Å². The van der Waals surface area contributed by atoms with Crippen molar-refractivity contribution in [2.45, 2.75) is 96.0 Å². The van der Waals surface area contributed by atoms with Crippen LogP contribution in [0.3, 0.4) is 0 Å². The normalized spacial score (nSPS) is 19.2. The van der Waals surface area contributed by atoms with E-state index in [0.717, 1.165) is 114 Å². The highest BCUT2D eigenvalue weighted by molar-refractivity contribution is 6.22. The maximum absolute atomic E-state index is 13.4. The van der Waals surface area contributed by atoms with Crippen molar-refractivity contribution in [1.29, 1.82) is 0 Å². The molecule has 65 heavy (non-hydrogen) atoms. The smallest absolute Gasteiger partial charge is 0.386 e. The summed E-state index contributed by atoms with van der Waals surface area (Å²) in [5.41, 5.74) is 0.361. The number of carbonyl (C=O) groups is 5. The van der Waals surface area contributed by atoms with Crippen molar-refractivity contribution in [1.82, 2.24) is 34.8 Å². The molecule has 4 aromatic rings. The van der Waals surface area contributed by atoms with E-state index in [9.17, 15) is 42.3 Å². The van der Waals surface area contributed by atoms with Gasteiger partial charge in [-0.25, -0.2) is 4.98 Å². The number of alkyl halides is 3. The molecule has 0 bridgehead atoms. The number of anilines is 2. The highest BCUT2D eigenvalue weighted by atomic mass is 19.4. The Morgan fingerprint density at radius 1 is 0.908 bits per heavy atom. The van der Waals surface area contributed by atoms with Gasteiger partial charge in [-0.2, -0.15) is 18.3 Å². The van der Waals surface area contributed by atoms with Crippen molar-refractivity contribution >= 4 is 52.3 Å². The van der Waals surface area contributed by atoms with Crippen LogP contribution in [0.25, 0.3) is 10.9 Å². The van der Waals surface area contributed by atoms with Crippen LogP contribution in [0.15, 0.2) is 54.7 Å². The second-order valence-electron chi connectivity index (χ2n) is 18.7. The lowest BCUT2D eigenvalue weighted by atomic mass is 9.71. The number of aliphatic hydroxyl groups is 1. The van der Waals surface area contributed by atoms with Gasteiger partial charge in [0.05, 0.1) is 28.3 Å². The summed E-state index contributed by atoms with van der Waals surface area (Å²) in [6.07, 6.45) is 4.09. The molecule has 18 heteroatoms. The topological polar surface area (TPSA) is 173 Å². The zero-order valence-corrected chi connectivity index (χ0v) is 37.0. The Kier molecular flexibility index (Phi) is 12.9. The monoisotopic (exact) mass is 899 g/mol. The Morgan fingerprint density at radius 2 is 1.57 bits per heavy atom. The van der Waals surface area contributed by atoms with Crippen molar-refractivity contribution in [3.8, 4) is 0 Å². The molecule has 5 amide bonds. The van der Waals surface area contributed by atoms with Gasteiger partial charge in [0.1, 0.15) is 11.4 Å². The number of hydrogen-bond acceptors (Lipinski definition) is 11. The van der Waals surface area contributed by atoms with E-state index < -0.39 is 35.3 Å². The predicted molar refractivity (Wildman–Crippen MR) is 236 cm³/mol. The molecule has 6 heterocycles. The molecular formula is C47H56F3N9O6. The number of fused-ring (bicyclic) bond motifs is 2. The second-order valence-corrected chi connectivity index (χ2v) is 18.7. The third-order valence-corrected chi connectivity index (χ3v) is 14.0. The van der Waals surface area contributed by atoms with Crippen molar-refractivity contribution in [3.63, 3.8) is 0 Å². The average molecular weight is 900 g/mol. The summed E-state index contributed by atoms with van der Waals surface area (Å²) in [5, 5.41) is 21.4. The van der Waals surface area contributed by atoms with Crippen molar-refractivity contribution in [2.24, 2.45) is 5.41 Å². The van der Waals surface area contributed by atoms with Gasteiger partial charge in [-0.05, 0) is 127 Å². The number of likely N-dealkylation sites (tertiary alicyclic amines) is 2. The van der Waals surface area contributed by atoms with E-state index in [1.54, 1.807) is 39.0 Å². The number of piperidine rings is 3. The number of benzene rings is 2. The second kappa shape index (κ2) is 18.3. The Balaban J connectivity index is 0.796. The van der Waals surface area contributed by atoms with E-state index in [4.69, 9.17) is 5.10 Å². The van der Waals surface area contributed by atoms with Gasteiger partial charge in [0.2, 0.25) is 12.3 Å². The molecule has 0 aliphatic carbocycles. The molecule has 0 saturated carbocycles. The lowest BCUT2D eigenvalue weighted by Gasteiger charge is -2.47. The molecule has 8 rings (SSSR count). The minimum absolute atomic E-state index is 0.0305. The number of amides is 5.